The Bertz CT molecular complexity index is 1070. The second-order valence-corrected chi connectivity index (χ2v) is 8.53. The predicted octanol–water partition coefficient (Wildman–Crippen LogP) is 4.96. The standard InChI is InChI=1S/C25H25ClN2O3/c26-20-5-7-21(8-6-20)27-12-14-28(15-13-27)25(29)24-11-10-23(31-24)17-30-22-9-4-18-2-1-3-19(18)16-22/h4-11,16H,1-3,12-15,17H2. The fraction of sp³-hybridized carbons (Fsp3) is 0.320. The van der Waals surface area contributed by atoms with E-state index in [0.717, 1.165) is 42.4 Å². The van der Waals surface area contributed by atoms with Crippen molar-refractivity contribution >= 4 is 23.2 Å². The molecule has 1 aliphatic heterocycles. The minimum absolute atomic E-state index is 0.0699. The smallest absolute Gasteiger partial charge is 0.289 e. The van der Waals surface area contributed by atoms with Crippen LogP contribution in [0.5, 0.6) is 5.75 Å². The number of anilines is 1. The Balaban J connectivity index is 1.15. The van der Waals surface area contributed by atoms with E-state index < -0.39 is 0 Å². The van der Waals surface area contributed by atoms with Gasteiger partial charge in [-0.25, -0.2) is 0 Å². The lowest BCUT2D eigenvalue weighted by atomic mass is 10.1. The van der Waals surface area contributed by atoms with Crippen LogP contribution in [-0.2, 0) is 19.4 Å². The number of halogens is 1. The summed E-state index contributed by atoms with van der Waals surface area (Å²) in [6, 6.07) is 17.7. The van der Waals surface area contributed by atoms with Gasteiger partial charge in [0, 0.05) is 36.9 Å². The Morgan fingerprint density at radius 1 is 0.935 bits per heavy atom. The fourth-order valence-electron chi connectivity index (χ4n) is 4.34. The third-order valence-corrected chi connectivity index (χ3v) is 6.33. The van der Waals surface area contributed by atoms with E-state index in [4.69, 9.17) is 20.8 Å². The molecule has 0 saturated carbocycles. The van der Waals surface area contributed by atoms with Crippen molar-refractivity contribution < 1.29 is 13.9 Å². The second kappa shape index (κ2) is 8.67. The molecule has 0 spiro atoms. The largest absolute Gasteiger partial charge is 0.486 e. The highest BCUT2D eigenvalue weighted by atomic mass is 35.5. The zero-order chi connectivity index (χ0) is 21.2. The van der Waals surface area contributed by atoms with Gasteiger partial charge in [0.2, 0.25) is 0 Å². The highest BCUT2D eigenvalue weighted by Crippen LogP contribution is 2.27. The Morgan fingerprint density at radius 2 is 1.71 bits per heavy atom. The molecule has 160 valence electrons. The molecule has 5 rings (SSSR count). The van der Waals surface area contributed by atoms with E-state index >= 15 is 0 Å². The molecule has 2 heterocycles. The first-order chi connectivity index (χ1) is 15.2. The van der Waals surface area contributed by atoms with E-state index in [1.165, 1.54) is 17.5 Å². The third kappa shape index (κ3) is 4.42. The van der Waals surface area contributed by atoms with Gasteiger partial charge in [-0.15, -0.1) is 0 Å². The number of piperazine rings is 1. The fourth-order valence-corrected chi connectivity index (χ4v) is 4.46. The Morgan fingerprint density at radius 3 is 2.52 bits per heavy atom. The Labute approximate surface area is 187 Å². The van der Waals surface area contributed by atoms with E-state index in [-0.39, 0.29) is 5.91 Å². The SMILES string of the molecule is O=C(c1ccc(COc2ccc3c(c2)CCC3)o1)N1CCN(c2ccc(Cl)cc2)CC1. The second-order valence-electron chi connectivity index (χ2n) is 8.09. The lowest BCUT2D eigenvalue weighted by Gasteiger charge is -2.35. The number of carbonyl (C=O) groups excluding carboxylic acids is 1. The van der Waals surface area contributed by atoms with Gasteiger partial charge in [-0.3, -0.25) is 4.79 Å². The highest BCUT2D eigenvalue weighted by Gasteiger charge is 2.24. The van der Waals surface area contributed by atoms with Crippen LogP contribution in [0.25, 0.3) is 0 Å². The van der Waals surface area contributed by atoms with Gasteiger partial charge >= 0.3 is 0 Å². The molecule has 2 aromatic carbocycles. The van der Waals surface area contributed by atoms with Crippen LogP contribution >= 0.6 is 11.6 Å². The van der Waals surface area contributed by atoms with Gasteiger partial charge in [-0.2, -0.15) is 0 Å². The zero-order valence-corrected chi connectivity index (χ0v) is 18.1. The van der Waals surface area contributed by atoms with Crippen LogP contribution in [0, 0.1) is 0 Å². The van der Waals surface area contributed by atoms with Crippen molar-refractivity contribution in [2.24, 2.45) is 0 Å². The van der Waals surface area contributed by atoms with Gasteiger partial charge in [-0.1, -0.05) is 17.7 Å². The van der Waals surface area contributed by atoms with Crippen molar-refractivity contribution in [3.63, 3.8) is 0 Å². The van der Waals surface area contributed by atoms with Crippen LogP contribution in [0.4, 0.5) is 5.69 Å². The summed E-state index contributed by atoms with van der Waals surface area (Å²) in [7, 11) is 0. The minimum Gasteiger partial charge on any atom is -0.486 e. The molecular weight excluding hydrogens is 412 g/mol. The first-order valence-electron chi connectivity index (χ1n) is 10.8. The number of rotatable bonds is 5. The summed E-state index contributed by atoms with van der Waals surface area (Å²) < 4.78 is 11.7. The van der Waals surface area contributed by atoms with Crippen LogP contribution in [0.15, 0.2) is 59.0 Å². The number of ether oxygens (including phenoxy) is 1. The van der Waals surface area contributed by atoms with Gasteiger partial charge in [0.05, 0.1) is 0 Å². The van der Waals surface area contributed by atoms with Crippen molar-refractivity contribution in [2.75, 3.05) is 31.1 Å². The number of amides is 1. The lowest BCUT2D eigenvalue weighted by molar-refractivity contribution is 0.0710. The number of nitrogens with zero attached hydrogens (tertiary/aromatic N) is 2. The molecular formula is C25H25ClN2O3. The van der Waals surface area contributed by atoms with Crippen LogP contribution < -0.4 is 9.64 Å². The minimum atomic E-state index is -0.0699. The van der Waals surface area contributed by atoms with Crippen LogP contribution in [0.2, 0.25) is 5.02 Å². The Hall–Kier alpha value is -2.92. The molecule has 1 saturated heterocycles. The monoisotopic (exact) mass is 436 g/mol. The van der Waals surface area contributed by atoms with E-state index in [1.54, 1.807) is 6.07 Å². The zero-order valence-electron chi connectivity index (χ0n) is 17.4. The molecule has 0 bridgehead atoms. The van der Waals surface area contributed by atoms with Crippen LogP contribution in [-0.4, -0.2) is 37.0 Å². The first-order valence-corrected chi connectivity index (χ1v) is 11.2. The summed E-state index contributed by atoms with van der Waals surface area (Å²) in [5.74, 6) is 1.80. The first kappa shape index (κ1) is 20.0. The van der Waals surface area contributed by atoms with Crippen molar-refractivity contribution in [1.82, 2.24) is 4.90 Å². The van der Waals surface area contributed by atoms with E-state index in [9.17, 15) is 4.79 Å². The molecule has 0 N–H and O–H groups in total. The number of hydrogen-bond acceptors (Lipinski definition) is 4. The maximum absolute atomic E-state index is 12.9. The molecule has 1 amide bonds. The molecule has 2 aliphatic rings. The molecule has 1 aromatic heterocycles. The predicted molar refractivity (Wildman–Crippen MR) is 121 cm³/mol. The van der Waals surface area contributed by atoms with Gasteiger partial charge in [0.1, 0.15) is 18.1 Å². The average Bonchev–Trinajstić information content (AvgIpc) is 3.47. The summed E-state index contributed by atoms with van der Waals surface area (Å²) >= 11 is 5.97. The highest BCUT2D eigenvalue weighted by molar-refractivity contribution is 6.30. The lowest BCUT2D eigenvalue weighted by Crippen LogP contribution is -2.48. The van der Waals surface area contributed by atoms with Crippen molar-refractivity contribution in [3.8, 4) is 5.75 Å². The quantitative estimate of drug-likeness (QED) is 0.567. The molecule has 0 unspecified atom stereocenters. The van der Waals surface area contributed by atoms with E-state index in [1.807, 2.05) is 41.3 Å². The van der Waals surface area contributed by atoms with Gasteiger partial charge in [0.15, 0.2) is 5.76 Å². The van der Waals surface area contributed by atoms with Crippen molar-refractivity contribution in [3.05, 3.63) is 82.3 Å². The Kier molecular flexibility index (Phi) is 5.60. The number of hydrogen-bond donors (Lipinski definition) is 0. The number of benzene rings is 2. The summed E-state index contributed by atoms with van der Waals surface area (Å²) in [6.07, 6.45) is 3.50. The normalized spacial score (nSPS) is 15.8. The molecule has 3 aromatic rings. The topological polar surface area (TPSA) is 45.9 Å². The molecule has 31 heavy (non-hydrogen) atoms. The number of aryl methyl sites for hydroxylation is 2. The number of furan rings is 1. The van der Waals surface area contributed by atoms with Gasteiger partial charge in [0.25, 0.3) is 5.91 Å². The number of fused-ring (bicyclic) bond motifs is 1. The molecule has 1 fully saturated rings. The maximum Gasteiger partial charge on any atom is 0.289 e. The van der Waals surface area contributed by atoms with Crippen LogP contribution in [0.3, 0.4) is 0 Å². The van der Waals surface area contributed by atoms with E-state index in [0.29, 0.717) is 31.2 Å². The summed E-state index contributed by atoms with van der Waals surface area (Å²) in [5, 5.41) is 0.728. The van der Waals surface area contributed by atoms with Gasteiger partial charge < -0.3 is 19.0 Å². The van der Waals surface area contributed by atoms with Gasteiger partial charge in [-0.05, 0) is 78.9 Å². The summed E-state index contributed by atoms with van der Waals surface area (Å²) in [4.78, 5) is 17.0. The molecule has 5 nitrogen and oxygen atoms in total. The summed E-state index contributed by atoms with van der Waals surface area (Å²) in [5.41, 5.74) is 3.93. The van der Waals surface area contributed by atoms with E-state index in [2.05, 4.69) is 17.0 Å². The molecule has 1 aliphatic carbocycles. The van der Waals surface area contributed by atoms with Crippen molar-refractivity contribution in [2.45, 2.75) is 25.9 Å². The summed E-state index contributed by atoms with van der Waals surface area (Å²) in [6.45, 7) is 3.19. The molecule has 0 radical (unpaired) electrons. The molecule has 0 atom stereocenters. The number of carbonyl (C=O) groups is 1. The van der Waals surface area contributed by atoms with Crippen LogP contribution in [0.1, 0.15) is 33.9 Å². The third-order valence-electron chi connectivity index (χ3n) is 6.08. The maximum atomic E-state index is 12.9. The molecule has 6 heteroatoms. The van der Waals surface area contributed by atoms with Crippen molar-refractivity contribution in [1.29, 1.82) is 0 Å². The average molecular weight is 437 g/mol.